The molecular formula is C21H17ClN8O2. The van der Waals surface area contributed by atoms with Crippen LogP contribution in [0.4, 0.5) is 11.6 Å². The van der Waals surface area contributed by atoms with E-state index in [2.05, 4.69) is 16.0 Å². The van der Waals surface area contributed by atoms with Gasteiger partial charge in [0.15, 0.2) is 11.6 Å². The second-order valence-corrected chi connectivity index (χ2v) is 7.63. The molecule has 0 radical (unpaired) electrons. The minimum Gasteiger partial charge on any atom is -0.497 e. The Morgan fingerprint density at radius 3 is 2.88 bits per heavy atom. The molecule has 5 rings (SSSR count). The first-order valence-electron chi connectivity index (χ1n) is 9.75. The first-order chi connectivity index (χ1) is 15.5. The predicted octanol–water partition coefficient (Wildman–Crippen LogP) is 2.34. The maximum atomic E-state index is 13.6. The largest absolute Gasteiger partial charge is 0.497 e. The molecule has 0 saturated carbocycles. The van der Waals surface area contributed by atoms with Crippen molar-refractivity contribution in [2.75, 3.05) is 24.3 Å². The van der Waals surface area contributed by atoms with Crippen molar-refractivity contribution in [3.63, 3.8) is 0 Å². The molecule has 2 N–H and O–H groups in total. The van der Waals surface area contributed by atoms with Gasteiger partial charge < -0.3 is 15.4 Å². The van der Waals surface area contributed by atoms with E-state index in [-0.39, 0.29) is 28.5 Å². The van der Waals surface area contributed by atoms with Crippen LogP contribution in [0.1, 0.15) is 23.9 Å². The van der Waals surface area contributed by atoms with Crippen LogP contribution in [0.15, 0.2) is 47.7 Å². The van der Waals surface area contributed by atoms with Gasteiger partial charge in [-0.05, 0) is 24.6 Å². The normalized spacial score (nSPS) is 15.4. The molecule has 1 atom stereocenters. The summed E-state index contributed by atoms with van der Waals surface area (Å²) in [6, 6.07) is 10.5. The highest BCUT2D eigenvalue weighted by atomic mass is 35.5. The van der Waals surface area contributed by atoms with Gasteiger partial charge >= 0.3 is 0 Å². The standard InChI is InChI=1S/C21H17ClN8O2/c1-32-13-4-2-3-12(9-13)30-20(27-29-8-5-15(22)17(29)21(30)31)16-6-7-28(16)19-14(10-23)18(24)25-11-26-19/h2-5,8-9,11,16H,6-7H2,1H3,(H2,24,25,26)/t16-/m0/s1. The molecule has 1 aromatic carbocycles. The van der Waals surface area contributed by atoms with Crippen LogP contribution in [0, 0.1) is 11.3 Å². The van der Waals surface area contributed by atoms with Crippen molar-refractivity contribution in [2.24, 2.45) is 0 Å². The fourth-order valence-electron chi connectivity index (χ4n) is 3.89. The molecule has 0 bridgehead atoms. The van der Waals surface area contributed by atoms with E-state index >= 15 is 0 Å². The van der Waals surface area contributed by atoms with Crippen LogP contribution < -0.4 is 20.9 Å². The minimum absolute atomic E-state index is 0.105. The van der Waals surface area contributed by atoms with Crippen molar-refractivity contribution in [1.82, 2.24) is 24.1 Å². The van der Waals surface area contributed by atoms with E-state index in [9.17, 15) is 10.1 Å². The molecule has 0 amide bonds. The Morgan fingerprint density at radius 2 is 2.16 bits per heavy atom. The van der Waals surface area contributed by atoms with Gasteiger partial charge in [-0.15, -0.1) is 0 Å². The molecule has 1 aliphatic rings. The van der Waals surface area contributed by atoms with Crippen LogP contribution in [-0.4, -0.2) is 37.8 Å². The number of hydrogen-bond donors (Lipinski definition) is 1. The molecule has 1 saturated heterocycles. The van der Waals surface area contributed by atoms with E-state index in [1.807, 2.05) is 4.90 Å². The van der Waals surface area contributed by atoms with Crippen molar-refractivity contribution in [1.29, 1.82) is 5.26 Å². The molecule has 0 spiro atoms. The molecular weight excluding hydrogens is 432 g/mol. The van der Waals surface area contributed by atoms with Gasteiger partial charge in [-0.3, -0.25) is 9.36 Å². The zero-order chi connectivity index (χ0) is 22.4. The number of anilines is 2. The lowest BCUT2D eigenvalue weighted by molar-refractivity contribution is 0.412. The summed E-state index contributed by atoms with van der Waals surface area (Å²) in [7, 11) is 1.56. The Labute approximate surface area is 187 Å². The molecule has 3 aromatic heterocycles. The SMILES string of the molecule is COc1cccc(-n2c([C@@H]3CCN3c3ncnc(N)c3C#N)nn3ccc(Cl)c3c2=O)c1. The van der Waals surface area contributed by atoms with E-state index in [0.717, 1.165) is 0 Å². The molecule has 4 aromatic rings. The summed E-state index contributed by atoms with van der Waals surface area (Å²) >= 11 is 6.28. The van der Waals surface area contributed by atoms with Crippen LogP contribution >= 0.6 is 11.6 Å². The Bertz CT molecular complexity index is 1450. The maximum absolute atomic E-state index is 13.6. The number of halogens is 1. The quantitative estimate of drug-likeness (QED) is 0.504. The lowest BCUT2D eigenvalue weighted by Crippen LogP contribution is -2.45. The van der Waals surface area contributed by atoms with E-state index in [1.54, 1.807) is 43.6 Å². The number of methoxy groups -OCH3 is 1. The predicted molar refractivity (Wildman–Crippen MR) is 118 cm³/mol. The smallest absolute Gasteiger partial charge is 0.284 e. The van der Waals surface area contributed by atoms with Crippen molar-refractivity contribution in [3.05, 3.63) is 69.6 Å². The van der Waals surface area contributed by atoms with Crippen molar-refractivity contribution < 1.29 is 4.74 Å². The van der Waals surface area contributed by atoms with E-state index in [4.69, 9.17) is 27.2 Å². The summed E-state index contributed by atoms with van der Waals surface area (Å²) < 4.78 is 8.35. The Morgan fingerprint density at radius 1 is 1.31 bits per heavy atom. The van der Waals surface area contributed by atoms with Crippen molar-refractivity contribution >= 4 is 28.8 Å². The molecule has 160 valence electrons. The molecule has 4 heterocycles. The van der Waals surface area contributed by atoms with Gasteiger partial charge in [0, 0.05) is 18.8 Å². The number of hydrogen-bond acceptors (Lipinski definition) is 8. The molecule has 1 fully saturated rings. The number of ether oxygens (including phenoxy) is 1. The molecule has 0 unspecified atom stereocenters. The summed E-state index contributed by atoms with van der Waals surface area (Å²) in [5.41, 5.74) is 6.62. The zero-order valence-corrected chi connectivity index (χ0v) is 17.7. The summed E-state index contributed by atoms with van der Waals surface area (Å²) in [6.07, 6.45) is 3.66. The van der Waals surface area contributed by atoms with Crippen LogP contribution in [0.5, 0.6) is 5.75 Å². The van der Waals surface area contributed by atoms with Gasteiger partial charge in [-0.25, -0.2) is 14.5 Å². The van der Waals surface area contributed by atoms with Crippen LogP contribution in [-0.2, 0) is 0 Å². The van der Waals surface area contributed by atoms with Gasteiger partial charge in [0.2, 0.25) is 0 Å². The van der Waals surface area contributed by atoms with E-state index < -0.39 is 0 Å². The summed E-state index contributed by atoms with van der Waals surface area (Å²) in [6.45, 7) is 0.619. The number of nitriles is 1. The second kappa shape index (κ2) is 7.55. The first kappa shape index (κ1) is 19.8. The highest BCUT2D eigenvalue weighted by molar-refractivity contribution is 6.33. The molecule has 10 nitrogen and oxygen atoms in total. The number of nitrogen functional groups attached to an aromatic ring is 1. The fraction of sp³-hybridized carbons (Fsp3) is 0.190. The topological polar surface area (TPSA) is 127 Å². The Hall–Kier alpha value is -4.10. The van der Waals surface area contributed by atoms with Gasteiger partial charge in [0.25, 0.3) is 5.56 Å². The number of benzene rings is 1. The maximum Gasteiger partial charge on any atom is 0.284 e. The average Bonchev–Trinajstić information content (AvgIpc) is 3.14. The lowest BCUT2D eigenvalue weighted by atomic mass is 10.0. The summed E-state index contributed by atoms with van der Waals surface area (Å²) in [4.78, 5) is 23.6. The van der Waals surface area contributed by atoms with Crippen molar-refractivity contribution in [3.8, 4) is 17.5 Å². The second-order valence-electron chi connectivity index (χ2n) is 7.22. The van der Waals surface area contributed by atoms with E-state index in [0.29, 0.717) is 41.1 Å². The number of nitrogens with two attached hydrogens (primary N) is 1. The van der Waals surface area contributed by atoms with Crippen molar-refractivity contribution in [2.45, 2.75) is 12.5 Å². The fourth-order valence-corrected chi connectivity index (χ4v) is 4.11. The Kier molecular flexibility index (Phi) is 4.68. The molecule has 11 heteroatoms. The highest BCUT2D eigenvalue weighted by Gasteiger charge is 2.37. The number of nitrogens with zero attached hydrogens (tertiary/aromatic N) is 7. The third-order valence-electron chi connectivity index (χ3n) is 5.53. The number of fused-ring (bicyclic) bond motifs is 1. The van der Waals surface area contributed by atoms with E-state index in [1.165, 1.54) is 15.4 Å². The summed E-state index contributed by atoms with van der Waals surface area (Å²) in [5, 5.41) is 14.6. The third-order valence-corrected chi connectivity index (χ3v) is 5.84. The lowest BCUT2D eigenvalue weighted by Gasteiger charge is -2.42. The first-order valence-corrected chi connectivity index (χ1v) is 10.1. The van der Waals surface area contributed by atoms with Gasteiger partial charge in [-0.2, -0.15) is 10.4 Å². The molecule has 0 aliphatic carbocycles. The summed E-state index contributed by atoms with van der Waals surface area (Å²) in [5.74, 6) is 1.60. The van der Waals surface area contributed by atoms with Crippen LogP contribution in [0.2, 0.25) is 5.02 Å². The number of rotatable bonds is 4. The Balaban J connectivity index is 1.73. The van der Waals surface area contributed by atoms with Crippen LogP contribution in [0.3, 0.4) is 0 Å². The van der Waals surface area contributed by atoms with Gasteiger partial charge in [-0.1, -0.05) is 17.7 Å². The highest BCUT2D eigenvalue weighted by Crippen LogP contribution is 2.38. The third kappa shape index (κ3) is 2.94. The number of aromatic nitrogens is 5. The molecule has 32 heavy (non-hydrogen) atoms. The van der Waals surface area contributed by atoms with Gasteiger partial charge in [0.05, 0.1) is 23.9 Å². The van der Waals surface area contributed by atoms with Crippen LogP contribution in [0.25, 0.3) is 11.2 Å². The van der Waals surface area contributed by atoms with Gasteiger partial charge in [0.1, 0.15) is 35.0 Å². The zero-order valence-electron chi connectivity index (χ0n) is 16.9. The minimum atomic E-state index is -0.319. The average molecular weight is 449 g/mol. The monoisotopic (exact) mass is 448 g/mol. The molecule has 1 aliphatic heterocycles.